The molecular weight excluding hydrogens is 371 g/mol. The van der Waals surface area contributed by atoms with Crippen molar-refractivity contribution in [2.75, 3.05) is 39.8 Å². The number of benzene rings is 1. The third-order valence-electron chi connectivity index (χ3n) is 3.52. The van der Waals surface area contributed by atoms with Gasteiger partial charge in [-0.15, -0.1) is 0 Å². The van der Waals surface area contributed by atoms with Crippen molar-refractivity contribution in [3.63, 3.8) is 0 Å². The van der Waals surface area contributed by atoms with E-state index in [1.165, 1.54) is 17.0 Å². The van der Waals surface area contributed by atoms with Gasteiger partial charge in [0.2, 0.25) is 0 Å². The molecule has 1 heterocycles. The number of halogens is 2. The SMILES string of the molecule is CN(CC(=O)O)CC1CN(C(=O)c2c(F)cccc2Br)CCO1. The van der Waals surface area contributed by atoms with Crippen molar-refractivity contribution in [1.29, 1.82) is 0 Å². The summed E-state index contributed by atoms with van der Waals surface area (Å²) in [7, 11) is 1.67. The average Bonchev–Trinajstić information content (AvgIpc) is 2.46. The third-order valence-corrected chi connectivity index (χ3v) is 4.18. The highest BCUT2D eigenvalue weighted by Crippen LogP contribution is 2.22. The van der Waals surface area contributed by atoms with Crippen molar-refractivity contribution in [2.24, 2.45) is 0 Å². The fourth-order valence-corrected chi connectivity index (χ4v) is 3.03. The molecule has 0 aliphatic carbocycles. The van der Waals surface area contributed by atoms with Crippen molar-refractivity contribution in [2.45, 2.75) is 6.10 Å². The number of rotatable bonds is 5. The summed E-state index contributed by atoms with van der Waals surface area (Å²) in [4.78, 5) is 26.4. The van der Waals surface area contributed by atoms with Crippen molar-refractivity contribution >= 4 is 27.8 Å². The molecule has 0 radical (unpaired) electrons. The molecule has 0 spiro atoms. The number of amides is 1. The first-order valence-corrected chi connectivity index (χ1v) is 7.93. The van der Waals surface area contributed by atoms with Crippen LogP contribution in [0.25, 0.3) is 0 Å². The minimum absolute atomic E-state index is 0.00652. The first kappa shape index (κ1) is 17.8. The normalized spacial score (nSPS) is 18.3. The van der Waals surface area contributed by atoms with Crippen LogP contribution in [0.4, 0.5) is 4.39 Å². The molecule has 1 aliphatic heterocycles. The predicted octanol–water partition coefficient (Wildman–Crippen LogP) is 1.45. The molecule has 126 valence electrons. The van der Waals surface area contributed by atoms with Crippen LogP contribution in [0.1, 0.15) is 10.4 Å². The quantitative estimate of drug-likeness (QED) is 0.826. The van der Waals surface area contributed by atoms with Crippen LogP contribution in [0.2, 0.25) is 0 Å². The highest BCUT2D eigenvalue weighted by Gasteiger charge is 2.28. The first-order chi connectivity index (χ1) is 10.9. The Morgan fingerprint density at radius 3 is 2.91 bits per heavy atom. The van der Waals surface area contributed by atoms with Gasteiger partial charge >= 0.3 is 5.97 Å². The second kappa shape index (κ2) is 7.85. The Morgan fingerprint density at radius 1 is 1.52 bits per heavy atom. The minimum atomic E-state index is -0.925. The van der Waals surface area contributed by atoms with Crippen LogP contribution in [0.15, 0.2) is 22.7 Å². The van der Waals surface area contributed by atoms with Gasteiger partial charge in [0, 0.05) is 24.1 Å². The molecule has 6 nitrogen and oxygen atoms in total. The van der Waals surface area contributed by atoms with Gasteiger partial charge < -0.3 is 14.7 Å². The molecule has 1 saturated heterocycles. The van der Waals surface area contributed by atoms with E-state index in [1.54, 1.807) is 18.0 Å². The summed E-state index contributed by atoms with van der Waals surface area (Å²) in [6.07, 6.45) is -0.303. The van der Waals surface area contributed by atoms with Gasteiger partial charge in [-0.25, -0.2) is 4.39 Å². The lowest BCUT2D eigenvalue weighted by molar-refractivity contribution is -0.138. The lowest BCUT2D eigenvalue weighted by Gasteiger charge is -2.34. The lowest BCUT2D eigenvalue weighted by Crippen LogP contribution is -2.49. The summed E-state index contributed by atoms with van der Waals surface area (Å²) in [5, 5.41) is 8.77. The number of nitrogens with zero attached hydrogens (tertiary/aromatic N) is 2. The van der Waals surface area contributed by atoms with E-state index in [9.17, 15) is 14.0 Å². The molecule has 1 amide bonds. The summed E-state index contributed by atoms with van der Waals surface area (Å²) in [5.41, 5.74) is 0.00652. The van der Waals surface area contributed by atoms with Gasteiger partial charge in [-0.1, -0.05) is 6.07 Å². The van der Waals surface area contributed by atoms with Gasteiger partial charge in [-0.05, 0) is 35.1 Å². The van der Waals surface area contributed by atoms with Gasteiger partial charge in [0.05, 0.1) is 24.8 Å². The maximum absolute atomic E-state index is 13.9. The van der Waals surface area contributed by atoms with Crippen molar-refractivity contribution in [1.82, 2.24) is 9.80 Å². The number of carbonyl (C=O) groups is 2. The highest BCUT2D eigenvalue weighted by atomic mass is 79.9. The number of hydrogen-bond acceptors (Lipinski definition) is 4. The molecule has 2 rings (SSSR count). The molecule has 1 aromatic rings. The van der Waals surface area contributed by atoms with Crippen LogP contribution in [0.5, 0.6) is 0 Å². The van der Waals surface area contributed by atoms with Crippen molar-refractivity contribution in [3.8, 4) is 0 Å². The van der Waals surface area contributed by atoms with Crippen molar-refractivity contribution in [3.05, 3.63) is 34.1 Å². The Kier molecular flexibility index (Phi) is 6.09. The summed E-state index contributed by atoms with van der Waals surface area (Å²) in [6.45, 7) is 1.28. The standard InChI is InChI=1S/C15H18BrFN2O4/c1-18(9-13(20)21)7-10-8-19(5-6-23-10)15(22)14-11(16)3-2-4-12(14)17/h2-4,10H,5-9H2,1H3,(H,20,21). The Hall–Kier alpha value is -1.51. The van der Waals surface area contributed by atoms with E-state index < -0.39 is 17.7 Å². The van der Waals surface area contributed by atoms with E-state index in [0.717, 1.165) is 0 Å². The minimum Gasteiger partial charge on any atom is -0.480 e. The van der Waals surface area contributed by atoms with E-state index in [-0.39, 0.29) is 18.2 Å². The Labute approximate surface area is 141 Å². The van der Waals surface area contributed by atoms with E-state index in [4.69, 9.17) is 9.84 Å². The van der Waals surface area contributed by atoms with Gasteiger partial charge in [0.1, 0.15) is 5.82 Å². The van der Waals surface area contributed by atoms with Crippen molar-refractivity contribution < 1.29 is 23.8 Å². The second-order valence-electron chi connectivity index (χ2n) is 5.43. The molecule has 0 saturated carbocycles. The monoisotopic (exact) mass is 388 g/mol. The first-order valence-electron chi connectivity index (χ1n) is 7.13. The number of likely N-dealkylation sites (N-methyl/N-ethyl adjacent to an activating group) is 1. The molecule has 1 unspecified atom stereocenters. The zero-order valence-electron chi connectivity index (χ0n) is 12.7. The average molecular weight is 389 g/mol. The van der Waals surface area contributed by atoms with Crippen LogP contribution in [0, 0.1) is 5.82 Å². The number of hydrogen-bond donors (Lipinski definition) is 1. The molecule has 0 aromatic heterocycles. The van der Waals surface area contributed by atoms with E-state index >= 15 is 0 Å². The van der Waals surface area contributed by atoms with Gasteiger partial charge in [-0.2, -0.15) is 0 Å². The molecule has 0 bridgehead atoms. The van der Waals surface area contributed by atoms with E-state index in [2.05, 4.69) is 15.9 Å². The topological polar surface area (TPSA) is 70.1 Å². The maximum Gasteiger partial charge on any atom is 0.317 e. The van der Waals surface area contributed by atoms with Crippen LogP contribution in [0.3, 0.4) is 0 Å². The molecule has 8 heteroatoms. The molecule has 1 aliphatic rings. The number of carbonyl (C=O) groups excluding carboxylic acids is 1. The second-order valence-corrected chi connectivity index (χ2v) is 6.29. The zero-order chi connectivity index (χ0) is 17.0. The molecular formula is C15H18BrFN2O4. The summed E-state index contributed by atoms with van der Waals surface area (Å²) in [6, 6.07) is 4.39. The Balaban J connectivity index is 2.03. The largest absolute Gasteiger partial charge is 0.480 e. The van der Waals surface area contributed by atoms with Crippen LogP contribution in [-0.4, -0.2) is 72.7 Å². The van der Waals surface area contributed by atoms with Gasteiger partial charge in [-0.3, -0.25) is 14.5 Å². The Bertz CT molecular complexity index is 579. The lowest BCUT2D eigenvalue weighted by atomic mass is 10.1. The maximum atomic E-state index is 13.9. The molecule has 1 N–H and O–H groups in total. The molecule has 1 atom stereocenters. The predicted molar refractivity (Wildman–Crippen MR) is 84.9 cm³/mol. The van der Waals surface area contributed by atoms with Crippen LogP contribution in [-0.2, 0) is 9.53 Å². The number of morpholine rings is 1. The molecule has 1 aromatic carbocycles. The summed E-state index contributed by atoms with van der Waals surface area (Å²) < 4.78 is 19.9. The van der Waals surface area contributed by atoms with Crippen LogP contribution >= 0.6 is 15.9 Å². The highest BCUT2D eigenvalue weighted by molar-refractivity contribution is 9.10. The summed E-state index contributed by atoms with van der Waals surface area (Å²) >= 11 is 3.20. The number of ether oxygens (including phenoxy) is 1. The number of aliphatic carboxylic acids is 1. The fourth-order valence-electron chi connectivity index (χ4n) is 2.52. The third kappa shape index (κ3) is 4.73. The van der Waals surface area contributed by atoms with E-state index in [1.807, 2.05) is 0 Å². The molecule has 1 fully saturated rings. The van der Waals surface area contributed by atoms with Crippen LogP contribution < -0.4 is 0 Å². The number of carboxylic acids is 1. The Morgan fingerprint density at radius 2 is 2.26 bits per heavy atom. The zero-order valence-corrected chi connectivity index (χ0v) is 14.3. The fraction of sp³-hybridized carbons (Fsp3) is 0.467. The number of carboxylic acid groups (broad SMARTS) is 1. The molecule has 23 heavy (non-hydrogen) atoms. The smallest absolute Gasteiger partial charge is 0.317 e. The van der Waals surface area contributed by atoms with Gasteiger partial charge in [0.25, 0.3) is 5.91 Å². The van der Waals surface area contributed by atoms with Gasteiger partial charge in [0.15, 0.2) is 0 Å². The van der Waals surface area contributed by atoms with E-state index in [0.29, 0.717) is 30.7 Å². The summed E-state index contributed by atoms with van der Waals surface area (Å²) in [5.74, 6) is -1.90.